The molecule has 1 saturated heterocycles. The Hall–Kier alpha value is -2.45. The van der Waals surface area contributed by atoms with E-state index in [-0.39, 0.29) is 22.9 Å². The lowest BCUT2D eigenvalue weighted by molar-refractivity contribution is -0.163. The van der Waals surface area contributed by atoms with Crippen LogP contribution in [0.25, 0.3) is 22.3 Å². The average molecular weight is 539 g/mol. The third kappa shape index (κ3) is 7.56. The average Bonchev–Trinajstić information content (AvgIpc) is 2.89. The molecule has 38 heavy (non-hydrogen) atoms. The van der Waals surface area contributed by atoms with Gasteiger partial charge in [0.15, 0.2) is 20.0 Å². The molecule has 0 saturated carbocycles. The van der Waals surface area contributed by atoms with Crippen molar-refractivity contribution in [2.24, 2.45) is 0 Å². The Kier molecular flexibility index (Phi) is 9.47. The molecule has 6 nitrogen and oxygen atoms in total. The van der Waals surface area contributed by atoms with Gasteiger partial charge in [-0.3, -0.25) is 4.79 Å². The summed E-state index contributed by atoms with van der Waals surface area (Å²) in [7, 11) is -2.00. The van der Waals surface area contributed by atoms with Crippen LogP contribution in [0.4, 0.5) is 0 Å². The Morgan fingerprint density at radius 1 is 1.05 bits per heavy atom. The van der Waals surface area contributed by atoms with Crippen molar-refractivity contribution in [2.45, 2.75) is 83.4 Å². The normalized spacial score (nSPS) is 17.4. The first-order chi connectivity index (χ1) is 18.1. The number of ether oxygens (including phenoxy) is 3. The lowest BCUT2D eigenvalue weighted by atomic mass is 10.1. The summed E-state index contributed by atoms with van der Waals surface area (Å²) in [4.78, 5) is 12.7. The maximum Gasteiger partial charge on any atom is 0.193 e. The summed E-state index contributed by atoms with van der Waals surface area (Å²) < 4.78 is 30.7. The molecule has 7 heteroatoms. The molecule has 0 amide bonds. The lowest BCUT2D eigenvalue weighted by Gasteiger charge is -2.39. The van der Waals surface area contributed by atoms with Gasteiger partial charge in [-0.2, -0.15) is 0 Å². The van der Waals surface area contributed by atoms with E-state index in [1.807, 2.05) is 36.4 Å². The van der Waals surface area contributed by atoms with Crippen LogP contribution in [-0.4, -0.2) is 40.5 Å². The second-order valence-electron chi connectivity index (χ2n) is 11.6. The van der Waals surface area contributed by atoms with Gasteiger partial charge in [-0.15, -0.1) is 0 Å². The van der Waals surface area contributed by atoms with Crippen molar-refractivity contribution >= 4 is 19.3 Å². The van der Waals surface area contributed by atoms with Crippen LogP contribution < -0.4 is 10.2 Å². The van der Waals surface area contributed by atoms with Gasteiger partial charge in [-0.25, -0.2) is 0 Å². The third-order valence-electron chi connectivity index (χ3n) is 7.57. The molecule has 1 fully saturated rings. The van der Waals surface area contributed by atoms with Crippen molar-refractivity contribution in [3.05, 3.63) is 64.8 Å². The van der Waals surface area contributed by atoms with Gasteiger partial charge in [-0.1, -0.05) is 51.1 Å². The van der Waals surface area contributed by atoms with E-state index >= 15 is 0 Å². The standard InChI is InChI=1S/C31H42O6Si/c1-31(2,3)38(4,5)37-25(14-11-19-34-30-15-9-10-18-33-30)22-35-24-16-17-26-27(32)21-28(36-29(26)20-24)23-12-7-6-8-13-23/h6-8,12-13,16-17,20-21,25,30H,9-11,14-15,18-19,22H2,1-5H3. The molecule has 4 rings (SSSR count). The number of rotatable bonds is 11. The Labute approximate surface area is 227 Å². The van der Waals surface area contributed by atoms with Crippen molar-refractivity contribution in [1.82, 2.24) is 0 Å². The molecule has 0 radical (unpaired) electrons. The molecule has 3 aromatic rings. The van der Waals surface area contributed by atoms with Gasteiger partial charge in [0, 0.05) is 30.9 Å². The highest BCUT2D eigenvalue weighted by molar-refractivity contribution is 6.74. The van der Waals surface area contributed by atoms with E-state index in [0.29, 0.717) is 35.7 Å². The van der Waals surface area contributed by atoms with Crippen LogP contribution >= 0.6 is 0 Å². The van der Waals surface area contributed by atoms with Gasteiger partial charge in [0.1, 0.15) is 23.7 Å². The SMILES string of the molecule is CC(C)(C)[Si](C)(C)OC(CCCOC1CCCCO1)COc1ccc2c(=O)cc(-c3ccccc3)oc2c1. The summed E-state index contributed by atoms with van der Waals surface area (Å²) in [6, 6.07) is 16.6. The molecular weight excluding hydrogens is 496 g/mol. The second kappa shape index (κ2) is 12.6. The first-order valence-electron chi connectivity index (χ1n) is 13.8. The van der Waals surface area contributed by atoms with Crippen LogP contribution in [0.5, 0.6) is 5.75 Å². The Morgan fingerprint density at radius 2 is 1.84 bits per heavy atom. The summed E-state index contributed by atoms with van der Waals surface area (Å²) in [5.74, 6) is 1.20. The monoisotopic (exact) mass is 538 g/mol. The summed E-state index contributed by atoms with van der Waals surface area (Å²) in [6.07, 6.45) is 4.81. The van der Waals surface area contributed by atoms with Crippen LogP contribution in [0.1, 0.15) is 52.9 Å². The van der Waals surface area contributed by atoms with Crippen molar-refractivity contribution < 1.29 is 23.1 Å². The predicted molar refractivity (Wildman–Crippen MR) is 154 cm³/mol. The van der Waals surface area contributed by atoms with Crippen molar-refractivity contribution in [1.29, 1.82) is 0 Å². The van der Waals surface area contributed by atoms with Crippen LogP contribution in [0.2, 0.25) is 18.1 Å². The molecule has 1 aromatic heterocycles. The van der Waals surface area contributed by atoms with Crippen molar-refractivity contribution in [3.8, 4) is 17.1 Å². The Morgan fingerprint density at radius 3 is 2.55 bits per heavy atom. The van der Waals surface area contributed by atoms with Gasteiger partial charge in [0.05, 0.1) is 11.5 Å². The van der Waals surface area contributed by atoms with E-state index in [4.69, 9.17) is 23.1 Å². The molecule has 0 spiro atoms. The number of hydrogen-bond donors (Lipinski definition) is 0. The minimum Gasteiger partial charge on any atom is -0.491 e. The molecular formula is C31H42O6Si. The zero-order chi connectivity index (χ0) is 27.2. The largest absolute Gasteiger partial charge is 0.491 e. The summed E-state index contributed by atoms with van der Waals surface area (Å²) >= 11 is 0. The van der Waals surface area contributed by atoms with Crippen LogP contribution in [0, 0.1) is 0 Å². The molecule has 0 N–H and O–H groups in total. The zero-order valence-electron chi connectivity index (χ0n) is 23.5. The highest BCUT2D eigenvalue weighted by atomic mass is 28.4. The summed E-state index contributed by atoms with van der Waals surface area (Å²) in [5, 5.41) is 0.630. The molecule has 0 aliphatic carbocycles. The minimum atomic E-state index is -2.00. The molecule has 2 unspecified atom stereocenters. The van der Waals surface area contributed by atoms with E-state index in [0.717, 1.165) is 44.3 Å². The topological polar surface area (TPSA) is 67.1 Å². The van der Waals surface area contributed by atoms with Crippen molar-refractivity contribution in [3.63, 3.8) is 0 Å². The van der Waals surface area contributed by atoms with Gasteiger partial charge < -0.3 is 23.1 Å². The lowest BCUT2D eigenvalue weighted by Crippen LogP contribution is -2.45. The summed E-state index contributed by atoms with van der Waals surface area (Å²) in [5.41, 5.74) is 1.30. The number of benzene rings is 2. The van der Waals surface area contributed by atoms with E-state index < -0.39 is 8.32 Å². The number of fused-ring (bicyclic) bond motifs is 1. The van der Waals surface area contributed by atoms with Crippen LogP contribution in [-0.2, 0) is 13.9 Å². The van der Waals surface area contributed by atoms with Gasteiger partial charge in [0.2, 0.25) is 0 Å². The van der Waals surface area contributed by atoms with E-state index in [1.165, 1.54) is 0 Å². The number of hydrogen-bond acceptors (Lipinski definition) is 6. The van der Waals surface area contributed by atoms with E-state index in [1.54, 1.807) is 18.2 Å². The second-order valence-corrected chi connectivity index (χ2v) is 16.4. The third-order valence-corrected chi connectivity index (χ3v) is 12.1. The van der Waals surface area contributed by atoms with Crippen molar-refractivity contribution in [2.75, 3.05) is 19.8 Å². The molecule has 206 valence electrons. The van der Waals surface area contributed by atoms with Gasteiger partial charge in [0.25, 0.3) is 0 Å². The van der Waals surface area contributed by atoms with E-state index in [9.17, 15) is 4.79 Å². The predicted octanol–water partition coefficient (Wildman–Crippen LogP) is 7.55. The fraction of sp³-hybridized carbons (Fsp3) is 0.516. The fourth-order valence-corrected chi connectivity index (χ4v) is 5.67. The van der Waals surface area contributed by atoms with Crippen LogP contribution in [0.3, 0.4) is 0 Å². The van der Waals surface area contributed by atoms with Gasteiger partial charge >= 0.3 is 0 Å². The minimum absolute atomic E-state index is 0.0647. The van der Waals surface area contributed by atoms with Gasteiger partial charge in [-0.05, 0) is 62.4 Å². The fourth-order valence-electron chi connectivity index (χ4n) is 4.30. The zero-order valence-corrected chi connectivity index (χ0v) is 24.5. The molecule has 1 aliphatic rings. The molecule has 2 heterocycles. The Balaban J connectivity index is 1.44. The maximum atomic E-state index is 12.7. The highest BCUT2D eigenvalue weighted by Gasteiger charge is 2.39. The molecule has 2 atom stereocenters. The first kappa shape index (κ1) is 28.6. The van der Waals surface area contributed by atoms with Crippen LogP contribution in [0.15, 0.2) is 63.8 Å². The quantitative estimate of drug-likeness (QED) is 0.185. The Bertz CT molecular complexity index is 1220. The smallest absolute Gasteiger partial charge is 0.193 e. The molecule has 2 aromatic carbocycles. The molecule has 0 bridgehead atoms. The first-order valence-corrected chi connectivity index (χ1v) is 16.7. The van der Waals surface area contributed by atoms with E-state index in [2.05, 4.69) is 33.9 Å². The maximum absolute atomic E-state index is 12.7. The highest BCUT2D eigenvalue weighted by Crippen LogP contribution is 2.38. The molecule has 1 aliphatic heterocycles. The summed E-state index contributed by atoms with van der Waals surface area (Å²) in [6.45, 7) is 13.1.